The van der Waals surface area contributed by atoms with Gasteiger partial charge in [0, 0.05) is 12.1 Å². The lowest BCUT2D eigenvalue weighted by atomic mass is 10.2. The van der Waals surface area contributed by atoms with Gasteiger partial charge < -0.3 is 4.74 Å². The quantitative estimate of drug-likeness (QED) is 0.600. The Morgan fingerprint density at radius 3 is 1.89 bits per heavy atom. The van der Waals surface area contributed by atoms with Gasteiger partial charge in [-0.2, -0.15) is 0 Å². The predicted molar refractivity (Wildman–Crippen MR) is 70.8 cm³/mol. The van der Waals surface area contributed by atoms with Gasteiger partial charge in [-0.1, -0.05) is 35.9 Å². The zero-order valence-corrected chi connectivity index (χ0v) is 10.4. The number of nitro benzene ring substituents is 1. The van der Waals surface area contributed by atoms with Crippen molar-refractivity contribution in [3.63, 3.8) is 0 Å². The maximum Gasteiger partial charge on any atom is 0.269 e. The van der Waals surface area contributed by atoms with Crippen LogP contribution in [-0.4, -0.2) is 12.0 Å². The highest BCUT2D eigenvalue weighted by Gasteiger charge is 2.02. The predicted octanol–water partition coefficient (Wildman–Crippen LogP) is 3.60. The molecule has 0 aliphatic heterocycles. The van der Waals surface area contributed by atoms with Crippen LogP contribution in [0.4, 0.5) is 5.69 Å². The van der Waals surface area contributed by atoms with Crippen molar-refractivity contribution in [2.24, 2.45) is 0 Å². The van der Waals surface area contributed by atoms with Crippen molar-refractivity contribution in [1.29, 1.82) is 0 Å². The van der Waals surface area contributed by atoms with Crippen LogP contribution >= 0.6 is 0 Å². The van der Waals surface area contributed by atoms with E-state index in [-0.39, 0.29) is 5.69 Å². The number of hydrogen-bond donors (Lipinski definition) is 0. The average molecular weight is 245 g/mol. The lowest BCUT2D eigenvalue weighted by molar-refractivity contribution is -0.384. The third kappa shape index (κ3) is 4.65. The summed E-state index contributed by atoms with van der Waals surface area (Å²) in [5, 5.41) is 10.2. The van der Waals surface area contributed by atoms with E-state index in [0.29, 0.717) is 5.75 Å². The maximum atomic E-state index is 10.2. The first-order chi connectivity index (χ1) is 8.63. The first kappa shape index (κ1) is 13.7. The molecule has 2 aromatic carbocycles. The number of aryl methyl sites for hydroxylation is 1. The van der Waals surface area contributed by atoms with Crippen molar-refractivity contribution in [2.75, 3.05) is 7.11 Å². The van der Waals surface area contributed by atoms with Gasteiger partial charge in [-0.3, -0.25) is 10.1 Å². The molecule has 94 valence electrons. The highest BCUT2D eigenvalue weighted by Crippen LogP contribution is 2.16. The van der Waals surface area contributed by atoms with E-state index in [0.717, 1.165) is 0 Å². The van der Waals surface area contributed by atoms with E-state index in [9.17, 15) is 10.1 Å². The fourth-order valence-electron chi connectivity index (χ4n) is 1.24. The van der Waals surface area contributed by atoms with Gasteiger partial charge in [0.15, 0.2) is 0 Å². The second-order valence-corrected chi connectivity index (χ2v) is 3.61. The standard InChI is InChI=1S/C7H7NO3.C7H8/c1-11-7-4-2-6(3-5-7)8(9)10;1-7-5-3-2-4-6-7/h2-5H,1H3;2-6H,1H3. The molecule has 0 heterocycles. The molecule has 0 aliphatic rings. The largest absolute Gasteiger partial charge is 0.497 e. The summed E-state index contributed by atoms with van der Waals surface area (Å²) < 4.78 is 4.83. The Bertz CT molecular complexity index is 480. The molecule has 0 unspecified atom stereocenters. The van der Waals surface area contributed by atoms with E-state index in [1.807, 2.05) is 18.2 Å². The summed E-state index contributed by atoms with van der Waals surface area (Å²) in [6, 6.07) is 16.2. The SMILES string of the molecule is COc1ccc([N+](=O)[O-])cc1.Cc1ccccc1. The van der Waals surface area contributed by atoms with Crippen LogP contribution in [0, 0.1) is 17.0 Å². The molecule has 0 aliphatic carbocycles. The summed E-state index contributed by atoms with van der Waals surface area (Å²) in [5.74, 6) is 0.621. The van der Waals surface area contributed by atoms with Gasteiger partial charge in [-0.15, -0.1) is 0 Å². The van der Waals surface area contributed by atoms with Crippen molar-refractivity contribution in [3.05, 3.63) is 70.3 Å². The monoisotopic (exact) mass is 245 g/mol. The van der Waals surface area contributed by atoms with Crippen LogP contribution < -0.4 is 4.74 Å². The van der Waals surface area contributed by atoms with Crippen molar-refractivity contribution < 1.29 is 9.66 Å². The maximum absolute atomic E-state index is 10.2. The van der Waals surface area contributed by atoms with Crippen LogP contribution in [0.25, 0.3) is 0 Å². The van der Waals surface area contributed by atoms with E-state index in [2.05, 4.69) is 19.1 Å². The van der Waals surface area contributed by atoms with Gasteiger partial charge in [-0.25, -0.2) is 0 Å². The van der Waals surface area contributed by atoms with Gasteiger partial charge in [-0.05, 0) is 19.1 Å². The van der Waals surface area contributed by atoms with Crippen LogP contribution in [0.2, 0.25) is 0 Å². The summed E-state index contributed by atoms with van der Waals surface area (Å²) in [7, 11) is 1.52. The molecule has 4 heteroatoms. The number of nitrogens with zero attached hydrogens (tertiary/aromatic N) is 1. The summed E-state index contributed by atoms with van der Waals surface area (Å²) in [4.78, 5) is 9.72. The summed E-state index contributed by atoms with van der Waals surface area (Å²) in [6.45, 7) is 2.08. The zero-order chi connectivity index (χ0) is 13.4. The smallest absolute Gasteiger partial charge is 0.269 e. The molecule has 4 nitrogen and oxygen atoms in total. The summed E-state index contributed by atoms with van der Waals surface area (Å²) >= 11 is 0. The highest BCUT2D eigenvalue weighted by molar-refractivity contribution is 5.35. The Morgan fingerprint density at radius 2 is 1.56 bits per heavy atom. The fraction of sp³-hybridized carbons (Fsp3) is 0.143. The molecule has 2 aromatic rings. The Balaban J connectivity index is 0.000000199. The number of ether oxygens (including phenoxy) is 1. The molecule has 0 atom stereocenters. The molecule has 0 saturated heterocycles. The second-order valence-electron chi connectivity index (χ2n) is 3.61. The third-order valence-electron chi connectivity index (χ3n) is 2.22. The molecule has 0 fully saturated rings. The second kappa shape index (κ2) is 7.06. The molecule has 0 N–H and O–H groups in total. The molecule has 18 heavy (non-hydrogen) atoms. The normalized spacial score (nSPS) is 9.00. The summed E-state index contributed by atoms with van der Waals surface area (Å²) in [5.41, 5.74) is 1.40. The minimum absolute atomic E-state index is 0.0748. The van der Waals surface area contributed by atoms with Crippen molar-refractivity contribution >= 4 is 5.69 Å². The molecular weight excluding hydrogens is 230 g/mol. The number of non-ortho nitro benzene ring substituents is 1. The van der Waals surface area contributed by atoms with Crippen molar-refractivity contribution in [3.8, 4) is 5.75 Å². The molecule has 0 amide bonds. The van der Waals surface area contributed by atoms with E-state index in [1.54, 1.807) is 12.1 Å². The van der Waals surface area contributed by atoms with Gasteiger partial charge in [0.05, 0.1) is 12.0 Å². The van der Waals surface area contributed by atoms with E-state index < -0.39 is 4.92 Å². The Kier molecular flexibility index (Phi) is 5.38. The fourth-order valence-corrected chi connectivity index (χ4v) is 1.24. The number of benzene rings is 2. The molecule has 0 spiro atoms. The van der Waals surface area contributed by atoms with Crippen molar-refractivity contribution in [1.82, 2.24) is 0 Å². The van der Waals surface area contributed by atoms with Crippen LogP contribution in [0.15, 0.2) is 54.6 Å². The minimum atomic E-state index is -0.445. The molecule has 0 saturated carbocycles. The minimum Gasteiger partial charge on any atom is -0.497 e. The van der Waals surface area contributed by atoms with E-state index in [1.165, 1.54) is 24.8 Å². The third-order valence-corrected chi connectivity index (χ3v) is 2.22. The number of methoxy groups -OCH3 is 1. The van der Waals surface area contributed by atoms with Gasteiger partial charge in [0.25, 0.3) is 5.69 Å². The number of rotatable bonds is 2. The molecule has 0 bridgehead atoms. The van der Waals surface area contributed by atoms with Crippen molar-refractivity contribution in [2.45, 2.75) is 6.92 Å². The van der Waals surface area contributed by atoms with Gasteiger partial charge >= 0.3 is 0 Å². The molecule has 0 radical (unpaired) electrons. The first-order valence-corrected chi connectivity index (χ1v) is 5.43. The Morgan fingerprint density at radius 1 is 1.00 bits per heavy atom. The average Bonchev–Trinajstić information content (AvgIpc) is 2.40. The molecule has 0 aromatic heterocycles. The zero-order valence-electron chi connectivity index (χ0n) is 10.4. The van der Waals surface area contributed by atoms with Crippen LogP contribution in [0.5, 0.6) is 5.75 Å². The highest BCUT2D eigenvalue weighted by atomic mass is 16.6. The summed E-state index contributed by atoms with van der Waals surface area (Å²) in [6.07, 6.45) is 0. The van der Waals surface area contributed by atoms with E-state index in [4.69, 9.17) is 4.74 Å². The number of nitro groups is 1. The van der Waals surface area contributed by atoms with Crippen LogP contribution in [-0.2, 0) is 0 Å². The molecular formula is C14H15NO3. The number of hydrogen-bond acceptors (Lipinski definition) is 3. The molecule has 2 rings (SSSR count). The topological polar surface area (TPSA) is 52.4 Å². The first-order valence-electron chi connectivity index (χ1n) is 5.43. The lowest BCUT2D eigenvalue weighted by Gasteiger charge is -1.96. The van der Waals surface area contributed by atoms with Gasteiger partial charge in [0.2, 0.25) is 0 Å². The van der Waals surface area contributed by atoms with Crippen LogP contribution in [0.3, 0.4) is 0 Å². The lowest BCUT2D eigenvalue weighted by Crippen LogP contribution is -1.87. The van der Waals surface area contributed by atoms with Gasteiger partial charge in [0.1, 0.15) is 5.75 Å². The Hall–Kier alpha value is -2.36. The van der Waals surface area contributed by atoms with E-state index >= 15 is 0 Å². The van der Waals surface area contributed by atoms with Crippen LogP contribution in [0.1, 0.15) is 5.56 Å². The Labute approximate surface area is 106 Å².